The van der Waals surface area contributed by atoms with E-state index in [9.17, 15) is 4.79 Å². The van der Waals surface area contributed by atoms with Gasteiger partial charge in [0.15, 0.2) is 0 Å². The number of nitrogens with one attached hydrogen (secondary N) is 1. The highest BCUT2D eigenvalue weighted by molar-refractivity contribution is 6.14. The van der Waals surface area contributed by atoms with Crippen LogP contribution in [0.4, 0.5) is 5.69 Å². The summed E-state index contributed by atoms with van der Waals surface area (Å²) in [5.41, 5.74) is 5.40. The third-order valence-electron chi connectivity index (χ3n) is 7.05. The van der Waals surface area contributed by atoms with Gasteiger partial charge in [-0.25, -0.2) is 0 Å². The number of fused-ring (bicyclic) bond motifs is 3. The fraction of sp³-hybridized carbons (Fsp3) is 0.462. The molecule has 1 aromatic carbocycles. The summed E-state index contributed by atoms with van der Waals surface area (Å²) in [5, 5.41) is 4.15. The third kappa shape index (κ3) is 3.82. The molecule has 2 aliphatic carbocycles. The second-order valence-corrected chi connectivity index (χ2v) is 8.98. The number of nitrogens with zero attached hydrogens (tertiary/aromatic N) is 2. The highest BCUT2D eigenvalue weighted by Crippen LogP contribution is 2.40. The number of carbonyl (C=O) groups excluding carboxylic acids is 1. The number of anilines is 1. The molecule has 0 radical (unpaired) electrons. The summed E-state index contributed by atoms with van der Waals surface area (Å²) in [5.74, 6) is 1.53. The number of hydrogen-bond donors (Lipinski definition) is 1. The van der Waals surface area contributed by atoms with E-state index >= 15 is 0 Å². The molecular weight excluding hydrogens is 386 g/mol. The standard InChI is InChI=1S/C26H31N3O2/c1-31-23-12-11-21(26(30)28-19-13-15-27-16-14-19)24-20-9-5-6-10-22(20)29(25(23)24)17-18-7-3-2-4-8-18/h11-16,18H,2-10,17H2,1H3,(H,27,28,30). The summed E-state index contributed by atoms with van der Waals surface area (Å²) in [4.78, 5) is 17.4. The largest absolute Gasteiger partial charge is 0.495 e. The summed E-state index contributed by atoms with van der Waals surface area (Å²) in [6, 6.07) is 7.54. The van der Waals surface area contributed by atoms with Crippen LogP contribution in [0, 0.1) is 5.92 Å². The number of pyridine rings is 1. The number of hydrogen-bond acceptors (Lipinski definition) is 3. The van der Waals surface area contributed by atoms with Crippen molar-refractivity contribution in [2.24, 2.45) is 5.92 Å². The van der Waals surface area contributed by atoms with E-state index in [1.807, 2.05) is 24.3 Å². The lowest BCUT2D eigenvalue weighted by molar-refractivity contribution is 0.102. The van der Waals surface area contributed by atoms with Gasteiger partial charge in [-0.05, 0) is 74.3 Å². The summed E-state index contributed by atoms with van der Waals surface area (Å²) in [6.45, 7) is 1.04. The molecule has 5 nitrogen and oxygen atoms in total. The van der Waals surface area contributed by atoms with Crippen molar-refractivity contribution in [1.29, 1.82) is 0 Å². The highest BCUT2D eigenvalue weighted by atomic mass is 16.5. The molecule has 2 aliphatic rings. The van der Waals surface area contributed by atoms with Crippen molar-refractivity contribution < 1.29 is 9.53 Å². The molecule has 162 valence electrons. The molecular formula is C26H31N3O2. The Bertz CT molecular complexity index is 1080. The minimum absolute atomic E-state index is 0.0676. The first-order chi connectivity index (χ1) is 15.3. The van der Waals surface area contributed by atoms with E-state index < -0.39 is 0 Å². The lowest BCUT2D eigenvalue weighted by atomic mass is 9.89. The number of methoxy groups -OCH3 is 1. The average Bonchev–Trinajstić information content (AvgIpc) is 3.14. The van der Waals surface area contributed by atoms with Crippen LogP contribution < -0.4 is 10.1 Å². The maximum Gasteiger partial charge on any atom is 0.256 e. The minimum Gasteiger partial charge on any atom is -0.495 e. The second kappa shape index (κ2) is 8.74. The maximum atomic E-state index is 13.3. The van der Waals surface area contributed by atoms with Crippen molar-refractivity contribution in [2.45, 2.75) is 64.3 Å². The van der Waals surface area contributed by atoms with Crippen LogP contribution in [-0.2, 0) is 19.4 Å². The number of aromatic nitrogens is 2. The van der Waals surface area contributed by atoms with Gasteiger partial charge in [-0.1, -0.05) is 19.3 Å². The van der Waals surface area contributed by atoms with Gasteiger partial charge in [-0.3, -0.25) is 9.78 Å². The van der Waals surface area contributed by atoms with Crippen LogP contribution in [0.3, 0.4) is 0 Å². The summed E-state index contributed by atoms with van der Waals surface area (Å²) >= 11 is 0. The molecule has 0 saturated heterocycles. The van der Waals surface area contributed by atoms with Crippen LogP contribution in [0.2, 0.25) is 0 Å². The topological polar surface area (TPSA) is 56.1 Å². The Morgan fingerprint density at radius 2 is 1.84 bits per heavy atom. The third-order valence-corrected chi connectivity index (χ3v) is 7.05. The van der Waals surface area contributed by atoms with Crippen molar-refractivity contribution in [2.75, 3.05) is 12.4 Å². The van der Waals surface area contributed by atoms with E-state index in [0.717, 1.165) is 53.2 Å². The second-order valence-electron chi connectivity index (χ2n) is 8.98. The Balaban J connectivity index is 1.63. The summed E-state index contributed by atoms with van der Waals surface area (Å²) < 4.78 is 8.34. The molecule has 0 unspecified atom stereocenters. The van der Waals surface area contributed by atoms with Crippen molar-refractivity contribution in [3.8, 4) is 5.75 Å². The van der Waals surface area contributed by atoms with Gasteiger partial charge in [0.25, 0.3) is 5.91 Å². The van der Waals surface area contributed by atoms with Gasteiger partial charge in [0, 0.05) is 41.3 Å². The number of rotatable bonds is 5. The Labute approximate surface area is 183 Å². The monoisotopic (exact) mass is 417 g/mol. The SMILES string of the molecule is COc1ccc(C(=O)Nc2ccncc2)c2c3c(n(CC4CCCCC4)c12)CCCC3. The van der Waals surface area contributed by atoms with Crippen LogP contribution in [0.5, 0.6) is 5.75 Å². The molecule has 1 saturated carbocycles. The fourth-order valence-electron chi connectivity index (χ4n) is 5.55. The van der Waals surface area contributed by atoms with Crippen LogP contribution in [-0.4, -0.2) is 22.6 Å². The quantitative estimate of drug-likeness (QED) is 0.574. The molecule has 2 aromatic heterocycles. The number of ether oxygens (including phenoxy) is 1. The molecule has 1 fully saturated rings. The van der Waals surface area contributed by atoms with Gasteiger partial charge in [-0.2, -0.15) is 0 Å². The lowest BCUT2D eigenvalue weighted by Gasteiger charge is -2.25. The van der Waals surface area contributed by atoms with E-state index in [0.29, 0.717) is 0 Å². The van der Waals surface area contributed by atoms with Crippen LogP contribution in [0.1, 0.15) is 66.6 Å². The molecule has 0 aliphatic heterocycles. The molecule has 0 bridgehead atoms. The van der Waals surface area contributed by atoms with E-state index in [1.54, 1.807) is 19.5 Å². The van der Waals surface area contributed by atoms with Crippen LogP contribution in [0.25, 0.3) is 10.9 Å². The van der Waals surface area contributed by atoms with E-state index in [4.69, 9.17) is 4.74 Å². The van der Waals surface area contributed by atoms with Gasteiger partial charge in [0.1, 0.15) is 5.75 Å². The van der Waals surface area contributed by atoms with Crippen LogP contribution >= 0.6 is 0 Å². The zero-order valence-electron chi connectivity index (χ0n) is 18.3. The van der Waals surface area contributed by atoms with Crippen LogP contribution in [0.15, 0.2) is 36.7 Å². The number of amides is 1. The van der Waals surface area contributed by atoms with E-state index in [2.05, 4.69) is 14.9 Å². The number of aryl methyl sites for hydroxylation is 1. The first-order valence-corrected chi connectivity index (χ1v) is 11.7. The van der Waals surface area contributed by atoms with Crippen molar-refractivity contribution in [3.63, 3.8) is 0 Å². The predicted octanol–water partition coefficient (Wildman–Crippen LogP) is 5.76. The Kier molecular flexibility index (Phi) is 5.66. The average molecular weight is 418 g/mol. The van der Waals surface area contributed by atoms with Gasteiger partial charge in [0.2, 0.25) is 0 Å². The molecule has 0 spiro atoms. The normalized spacial score (nSPS) is 16.8. The number of carbonyl (C=O) groups is 1. The Morgan fingerprint density at radius 1 is 1.06 bits per heavy atom. The molecule has 5 heteroatoms. The van der Waals surface area contributed by atoms with Gasteiger partial charge in [-0.15, -0.1) is 0 Å². The van der Waals surface area contributed by atoms with Crippen molar-refractivity contribution >= 4 is 22.5 Å². The molecule has 1 amide bonds. The summed E-state index contributed by atoms with van der Waals surface area (Å²) in [7, 11) is 1.74. The zero-order chi connectivity index (χ0) is 21.2. The first-order valence-electron chi connectivity index (χ1n) is 11.7. The Morgan fingerprint density at radius 3 is 2.61 bits per heavy atom. The van der Waals surface area contributed by atoms with Crippen molar-refractivity contribution in [1.82, 2.24) is 9.55 Å². The highest BCUT2D eigenvalue weighted by Gasteiger charge is 2.28. The molecule has 1 N–H and O–H groups in total. The zero-order valence-corrected chi connectivity index (χ0v) is 18.3. The molecule has 31 heavy (non-hydrogen) atoms. The van der Waals surface area contributed by atoms with Crippen molar-refractivity contribution in [3.05, 3.63) is 53.5 Å². The molecule has 5 rings (SSSR count). The van der Waals surface area contributed by atoms with Gasteiger partial charge in [0.05, 0.1) is 12.6 Å². The fourth-order valence-corrected chi connectivity index (χ4v) is 5.55. The van der Waals surface area contributed by atoms with E-state index in [1.165, 1.54) is 56.2 Å². The predicted molar refractivity (Wildman–Crippen MR) is 124 cm³/mol. The molecule has 3 aromatic rings. The lowest BCUT2D eigenvalue weighted by Crippen LogP contribution is -2.17. The Hall–Kier alpha value is -2.82. The van der Waals surface area contributed by atoms with E-state index in [-0.39, 0.29) is 5.91 Å². The smallest absolute Gasteiger partial charge is 0.256 e. The molecule has 0 atom stereocenters. The minimum atomic E-state index is -0.0676. The van der Waals surface area contributed by atoms with Gasteiger partial charge < -0.3 is 14.6 Å². The molecule has 2 heterocycles. The van der Waals surface area contributed by atoms with Gasteiger partial charge >= 0.3 is 0 Å². The number of benzene rings is 1. The summed E-state index contributed by atoms with van der Waals surface area (Å²) in [6.07, 6.45) is 14.6. The first kappa shape index (κ1) is 20.1. The maximum absolute atomic E-state index is 13.3.